The van der Waals surface area contributed by atoms with E-state index in [0.717, 1.165) is 37.7 Å². The van der Waals surface area contributed by atoms with Crippen molar-refractivity contribution in [3.63, 3.8) is 0 Å². The third-order valence-corrected chi connectivity index (χ3v) is 10.5. The lowest BCUT2D eigenvalue weighted by molar-refractivity contribution is -0.235. The molecule has 7 heteroatoms. The van der Waals surface area contributed by atoms with Crippen molar-refractivity contribution in [3.05, 3.63) is 23.3 Å². The number of carboxylic acids is 1. The second kappa shape index (κ2) is 8.68. The average Bonchev–Trinajstić information content (AvgIpc) is 3.34. The van der Waals surface area contributed by atoms with Crippen LogP contribution in [-0.2, 0) is 19.1 Å². The number of rotatable bonds is 8. The summed E-state index contributed by atoms with van der Waals surface area (Å²) in [6.07, 6.45) is 6.19. The van der Waals surface area contributed by atoms with E-state index in [2.05, 4.69) is 38.3 Å². The number of fused-ring (bicyclic) bond motifs is 2. The van der Waals surface area contributed by atoms with Crippen LogP contribution in [0.25, 0.3) is 0 Å². The van der Waals surface area contributed by atoms with Gasteiger partial charge in [0.2, 0.25) is 0 Å². The number of nitrogens with zero attached hydrogens (tertiary/aromatic N) is 1. The fourth-order valence-corrected chi connectivity index (χ4v) is 9.50. The van der Waals surface area contributed by atoms with Gasteiger partial charge in [0.25, 0.3) is 0 Å². The molecule has 0 amide bonds. The van der Waals surface area contributed by atoms with Gasteiger partial charge in [-0.3, -0.25) is 9.69 Å². The van der Waals surface area contributed by atoms with Crippen LogP contribution in [0.3, 0.4) is 0 Å². The van der Waals surface area contributed by atoms with Gasteiger partial charge >= 0.3 is 5.97 Å². The molecule has 1 saturated heterocycles. The number of carbonyl (C=O) groups is 2. The van der Waals surface area contributed by atoms with Crippen molar-refractivity contribution in [3.8, 4) is 0 Å². The summed E-state index contributed by atoms with van der Waals surface area (Å²) in [7, 11) is 0. The zero-order valence-corrected chi connectivity index (χ0v) is 22.2. The number of hydrogen-bond donors (Lipinski definition) is 1. The molecule has 6 nitrogen and oxygen atoms in total. The molecule has 0 aromatic carbocycles. The van der Waals surface area contributed by atoms with Crippen LogP contribution in [0, 0.1) is 45.8 Å². The Balaban J connectivity index is 1.53. The summed E-state index contributed by atoms with van der Waals surface area (Å²) in [4.78, 5) is 28.8. The third-order valence-electron chi connectivity index (χ3n) is 10.4. The number of carbonyl (C=O) groups excluding carboxylic acids is 1. The van der Waals surface area contributed by atoms with E-state index in [9.17, 15) is 14.7 Å². The highest BCUT2D eigenvalue weighted by atomic mass is 35.5. The molecule has 35 heavy (non-hydrogen) atoms. The van der Waals surface area contributed by atoms with Crippen LogP contribution < -0.4 is 0 Å². The zero-order chi connectivity index (χ0) is 25.3. The van der Waals surface area contributed by atoms with Gasteiger partial charge in [0.15, 0.2) is 6.29 Å². The first-order valence-electron chi connectivity index (χ1n) is 13.3. The maximum atomic E-state index is 13.5. The minimum absolute atomic E-state index is 0.0266. The number of morpholine rings is 1. The van der Waals surface area contributed by atoms with Gasteiger partial charge in [-0.05, 0) is 55.8 Å². The molecule has 9 atom stereocenters. The lowest BCUT2D eigenvalue weighted by atomic mass is 9.43. The summed E-state index contributed by atoms with van der Waals surface area (Å²) in [5.74, 6) is 0.205. The van der Waals surface area contributed by atoms with Crippen LogP contribution in [0.15, 0.2) is 23.3 Å². The quantitative estimate of drug-likeness (QED) is 0.380. The van der Waals surface area contributed by atoms with Crippen molar-refractivity contribution < 1.29 is 24.2 Å². The summed E-state index contributed by atoms with van der Waals surface area (Å²) in [6.45, 7) is 14.4. The standard InChI is InChI=1S/C28H40ClNO5/c1-16(2)23-8-20-9-26(14-31)22-7-6-17(3)21(22)10-27(20,28(23,26)25(32)33)15-34-24-13-30(11-18(4)29)12-19(5)35-24/h8,14,16-17,19-22,24H,4,6-7,9-13,15H2,1-3,5H3,(H,32,33)/t17-,19-,20?,21-,22-,24-,26?,27?,28+/m1/s1. The summed E-state index contributed by atoms with van der Waals surface area (Å²) >= 11 is 6.07. The van der Waals surface area contributed by atoms with Crippen LogP contribution >= 0.6 is 11.6 Å². The van der Waals surface area contributed by atoms with E-state index in [-0.39, 0.29) is 30.5 Å². The molecule has 0 aromatic heterocycles. The molecule has 0 radical (unpaired) electrons. The maximum Gasteiger partial charge on any atom is 0.315 e. The van der Waals surface area contributed by atoms with Gasteiger partial charge in [-0.15, -0.1) is 0 Å². The van der Waals surface area contributed by atoms with Gasteiger partial charge in [0, 0.05) is 30.1 Å². The number of hydrogen-bond acceptors (Lipinski definition) is 5. The normalized spacial score (nSPS) is 46.5. The molecule has 0 aromatic rings. The first kappa shape index (κ1) is 25.4. The van der Waals surface area contributed by atoms with E-state index in [0.29, 0.717) is 36.4 Å². The van der Waals surface area contributed by atoms with Crippen LogP contribution in [0.2, 0.25) is 0 Å². The predicted octanol–water partition coefficient (Wildman–Crippen LogP) is 4.73. The third kappa shape index (κ3) is 3.32. The maximum absolute atomic E-state index is 13.5. The van der Waals surface area contributed by atoms with E-state index in [4.69, 9.17) is 21.1 Å². The van der Waals surface area contributed by atoms with E-state index in [1.165, 1.54) is 0 Å². The van der Waals surface area contributed by atoms with E-state index in [1.54, 1.807) is 0 Å². The number of aldehydes is 1. The Morgan fingerprint density at radius 1 is 1.34 bits per heavy atom. The molecule has 5 rings (SSSR count). The van der Waals surface area contributed by atoms with Crippen molar-refractivity contribution in [2.24, 2.45) is 45.8 Å². The van der Waals surface area contributed by atoms with E-state index in [1.807, 2.05) is 6.92 Å². The van der Waals surface area contributed by atoms with Gasteiger partial charge in [0.05, 0.1) is 18.1 Å². The minimum atomic E-state index is -1.21. The summed E-state index contributed by atoms with van der Waals surface area (Å²) in [5, 5.41) is 11.6. The molecule has 1 heterocycles. The van der Waals surface area contributed by atoms with Gasteiger partial charge in [-0.25, -0.2) is 0 Å². The lowest BCUT2D eigenvalue weighted by Gasteiger charge is -2.58. The van der Waals surface area contributed by atoms with Crippen molar-refractivity contribution in [1.82, 2.24) is 4.90 Å². The number of ether oxygens (including phenoxy) is 2. The fourth-order valence-electron chi connectivity index (χ4n) is 9.33. The lowest BCUT2D eigenvalue weighted by Crippen LogP contribution is -2.64. The van der Waals surface area contributed by atoms with Crippen molar-refractivity contribution in [2.45, 2.75) is 65.8 Å². The van der Waals surface area contributed by atoms with Crippen molar-refractivity contribution in [2.75, 3.05) is 26.2 Å². The first-order chi connectivity index (χ1) is 16.5. The smallest absolute Gasteiger partial charge is 0.315 e. The molecule has 3 saturated carbocycles. The van der Waals surface area contributed by atoms with Crippen LogP contribution in [0.5, 0.6) is 0 Å². The Hall–Kier alpha value is -1.21. The predicted molar refractivity (Wildman–Crippen MR) is 134 cm³/mol. The highest BCUT2D eigenvalue weighted by molar-refractivity contribution is 6.29. The average molecular weight is 506 g/mol. The largest absolute Gasteiger partial charge is 0.481 e. The highest BCUT2D eigenvalue weighted by Gasteiger charge is 2.84. The highest BCUT2D eigenvalue weighted by Crippen LogP contribution is 2.82. The fraction of sp³-hybridized carbons (Fsp3) is 0.786. The Labute approximate surface area is 214 Å². The van der Waals surface area contributed by atoms with Crippen molar-refractivity contribution >= 4 is 23.9 Å². The molecule has 4 bridgehead atoms. The Morgan fingerprint density at radius 3 is 2.71 bits per heavy atom. The van der Waals surface area contributed by atoms with E-state index < -0.39 is 28.5 Å². The second-order valence-corrected chi connectivity index (χ2v) is 12.9. The van der Waals surface area contributed by atoms with Crippen LogP contribution in [0.4, 0.5) is 0 Å². The molecule has 0 spiro atoms. The Bertz CT molecular complexity index is 950. The molecular formula is C28H40ClNO5. The van der Waals surface area contributed by atoms with Gasteiger partial charge in [-0.1, -0.05) is 57.0 Å². The van der Waals surface area contributed by atoms with Crippen LogP contribution in [-0.4, -0.2) is 60.9 Å². The first-order valence-corrected chi connectivity index (χ1v) is 13.6. The SMILES string of the molecule is C=C(Cl)CN1C[C@H](OCC23C[C@@H]4[C@H](C)CC[C@H]4C4(C=O)CC2C=C(C(C)C)[C@@]34C(=O)O)O[C@H](C)C1. The molecular weight excluding hydrogens is 466 g/mol. The van der Waals surface area contributed by atoms with Gasteiger partial charge in [-0.2, -0.15) is 0 Å². The number of halogens is 1. The summed E-state index contributed by atoms with van der Waals surface area (Å²) < 4.78 is 12.7. The number of aliphatic carboxylic acids is 1. The Kier molecular flexibility index (Phi) is 6.31. The second-order valence-electron chi connectivity index (χ2n) is 12.4. The number of carboxylic acid groups (broad SMARTS) is 1. The van der Waals surface area contributed by atoms with Gasteiger partial charge in [0.1, 0.15) is 11.7 Å². The molecule has 5 aliphatic rings. The van der Waals surface area contributed by atoms with Crippen LogP contribution in [0.1, 0.15) is 53.4 Å². The zero-order valence-electron chi connectivity index (χ0n) is 21.5. The number of allylic oxidation sites excluding steroid dienone is 1. The molecule has 194 valence electrons. The summed E-state index contributed by atoms with van der Waals surface area (Å²) in [5.41, 5.74) is -1.77. The molecule has 1 N–H and O–H groups in total. The molecule has 4 aliphatic carbocycles. The molecule has 1 aliphatic heterocycles. The monoisotopic (exact) mass is 505 g/mol. The van der Waals surface area contributed by atoms with E-state index >= 15 is 0 Å². The Morgan fingerprint density at radius 2 is 2.09 bits per heavy atom. The summed E-state index contributed by atoms with van der Waals surface area (Å²) in [6, 6.07) is 0. The minimum Gasteiger partial charge on any atom is -0.481 e. The molecule has 4 fully saturated rings. The van der Waals surface area contributed by atoms with Gasteiger partial charge < -0.3 is 19.4 Å². The molecule has 3 unspecified atom stereocenters. The topological polar surface area (TPSA) is 76.1 Å². The van der Waals surface area contributed by atoms with Crippen molar-refractivity contribution in [1.29, 1.82) is 0 Å².